The van der Waals surface area contributed by atoms with Gasteiger partial charge in [-0.05, 0) is 0 Å². The van der Waals surface area contributed by atoms with Gasteiger partial charge in [-0.2, -0.15) is 0 Å². The molecular weight excluding hydrogens is 388 g/mol. The molecule has 10 heteroatoms. The molecule has 10 nitrogen and oxygen atoms in total. The summed E-state index contributed by atoms with van der Waals surface area (Å²) >= 11 is 0. The molecule has 0 N–H and O–H groups in total. The summed E-state index contributed by atoms with van der Waals surface area (Å²) in [5, 5.41) is 0. The molecule has 0 aliphatic carbocycles. The molecule has 0 aromatic carbocycles. The molecule has 0 radical (unpaired) electrons. The van der Waals surface area contributed by atoms with E-state index in [4.69, 9.17) is 0 Å². The molecule has 0 bridgehead atoms. The van der Waals surface area contributed by atoms with Crippen LogP contribution in [0.1, 0.15) is 56.9 Å². The lowest BCUT2D eigenvalue weighted by Crippen LogP contribution is -1.97. The third-order valence-corrected chi connectivity index (χ3v) is 1.42. The average molecular weight is 437 g/mol. The maximum atomic E-state index is 9.96. The van der Waals surface area contributed by atoms with Crippen LogP contribution in [0.5, 0.6) is 0 Å². The fourth-order valence-electron chi connectivity index (χ4n) is 0.228. The van der Waals surface area contributed by atoms with Crippen molar-refractivity contribution in [1.29, 1.82) is 0 Å². The molecule has 29 heavy (non-hydrogen) atoms. The summed E-state index contributed by atoms with van der Waals surface area (Å²) in [4.78, 5) is 38.9. The van der Waals surface area contributed by atoms with Crippen LogP contribution in [0.4, 0.5) is 4.79 Å². The number of rotatable bonds is 1. The Kier molecular flexibility index (Phi) is 109. The molecular formula is C19H48O10. The maximum Gasteiger partial charge on any atom is 0.507 e. The summed E-state index contributed by atoms with van der Waals surface area (Å²) in [6, 6.07) is 0. The zero-order valence-electron chi connectivity index (χ0n) is 16.8. The van der Waals surface area contributed by atoms with Gasteiger partial charge in [-0.15, -0.1) is 0 Å². The van der Waals surface area contributed by atoms with Crippen molar-refractivity contribution in [3.63, 3.8) is 0 Å². The van der Waals surface area contributed by atoms with Crippen molar-refractivity contribution < 1.29 is 47.6 Å². The van der Waals surface area contributed by atoms with E-state index in [9.17, 15) is 19.2 Å². The highest BCUT2D eigenvalue weighted by molar-refractivity contribution is 5.68. The molecule has 0 heterocycles. The lowest BCUT2D eigenvalue weighted by atomic mass is 10.5. The first kappa shape index (κ1) is 56.3. The maximum absolute atomic E-state index is 9.96. The van der Waals surface area contributed by atoms with E-state index in [1.807, 2.05) is 0 Å². The second-order valence-electron chi connectivity index (χ2n) is 3.39. The van der Waals surface area contributed by atoms with Crippen LogP contribution >= 0.6 is 0 Å². The minimum absolute atomic E-state index is 0. The van der Waals surface area contributed by atoms with Gasteiger partial charge in [0.2, 0.25) is 0 Å². The quantitative estimate of drug-likeness (QED) is 0.437. The van der Waals surface area contributed by atoms with Gasteiger partial charge in [0.1, 0.15) is 0 Å². The highest BCUT2D eigenvalue weighted by Gasteiger charge is 1.89. The third-order valence-electron chi connectivity index (χ3n) is 1.42. The van der Waals surface area contributed by atoms with Crippen molar-refractivity contribution in [3.8, 4) is 0 Å². The van der Waals surface area contributed by atoms with Gasteiger partial charge in [0.15, 0.2) is 0 Å². The van der Waals surface area contributed by atoms with Gasteiger partial charge >= 0.3 is 24.1 Å². The van der Waals surface area contributed by atoms with Gasteiger partial charge in [0, 0.05) is 34.5 Å². The van der Waals surface area contributed by atoms with E-state index in [-0.39, 0.29) is 47.6 Å². The van der Waals surface area contributed by atoms with Crippen molar-refractivity contribution >= 4 is 24.1 Å². The van der Waals surface area contributed by atoms with Gasteiger partial charge in [0.05, 0.1) is 35.5 Å². The summed E-state index contributed by atoms with van der Waals surface area (Å²) in [6.45, 7) is 4.48. The number of hydrogen-bond donors (Lipinski definition) is 0. The van der Waals surface area contributed by atoms with Crippen molar-refractivity contribution in [2.45, 2.75) is 56.9 Å². The van der Waals surface area contributed by atoms with E-state index in [0.717, 1.165) is 0 Å². The molecule has 0 aromatic rings. The summed E-state index contributed by atoms with van der Waals surface area (Å²) in [7, 11) is 9.84. The predicted molar refractivity (Wildman–Crippen MR) is 117 cm³/mol. The van der Waals surface area contributed by atoms with Crippen molar-refractivity contribution in [2.75, 3.05) is 49.8 Å². The Morgan fingerprint density at radius 1 is 0.552 bits per heavy atom. The molecule has 0 unspecified atom stereocenters. The Hall–Kier alpha value is -2.36. The zero-order chi connectivity index (χ0) is 21.3. The summed E-state index contributed by atoms with van der Waals surface area (Å²) in [5.74, 6) is -0.648. The van der Waals surface area contributed by atoms with Gasteiger partial charge in [-0.25, -0.2) is 4.79 Å². The largest absolute Gasteiger partial charge is 0.507 e. The normalized spacial score (nSPS) is 6.00. The van der Waals surface area contributed by atoms with Crippen LogP contribution in [-0.2, 0) is 42.8 Å². The molecule has 0 saturated heterocycles. The van der Waals surface area contributed by atoms with Crippen LogP contribution in [0, 0.1) is 0 Å². The van der Waals surface area contributed by atoms with E-state index >= 15 is 0 Å². The average Bonchev–Trinajstić information content (AvgIpc) is 2.62. The highest BCUT2D eigenvalue weighted by Crippen LogP contribution is 1.76. The fraction of sp³-hybridized carbons (Fsp3) is 0.789. The smallest absolute Gasteiger partial charge is 0.469 e. The second-order valence-corrected chi connectivity index (χ2v) is 3.39. The number of carbonyl (C=O) groups excluding carboxylic acids is 4. The molecule has 0 atom stereocenters. The minimum atomic E-state index is -0.657. The van der Waals surface area contributed by atoms with E-state index in [1.165, 1.54) is 49.4 Å². The lowest BCUT2D eigenvalue weighted by Gasteiger charge is -1.89. The first-order chi connectivity index (χ1) is 11.6. The first-order valence-electron chi connectivity index (χ1n) is 6.76. The van der Waals surface area contributed by atoms with Crippen LogP contribution < -0.4 is 0 Å². The fourth-order valence-corrected chi connectivity index (χ4v) is 0.228. The molecule has 0 fully saturated rings. The van der Waals surface area contributed by atoms with Gasteiger partial charge in [0.25, 0.3) is 0 Å². The Labute approximate surface area is 179 Å². The van der Waals surface area contributed by atoms with Crippen LogP contribution in [0.15, 0.2) is 0 Å². The molecule has 0 aliphatic heterocycles. The van der Waals surface area contributed by atoms with Crippen molar-refractivity contribution in [2.24, 2.45) is 0 Å². The lowest BCUT2D eigenvalue weighted by molar-refractivity contribution is -0.140. The Bertz CT molecular complexity index is 276. The highest BCUT2D eigenvalue weighted by atomic mass is 16.7. The number of ether oxygens (including phenoxy) is 6. The minimum Gasteiger partial charge on any atom is -0.469 e. The molecule has 184 valence electrons. The third kappa shape index (κ3) is 154. The molecule has 0 rings (SSSR count). The van der Waals surface area contributed by atoms with Gasteiger partial charge in [-0.3, -0.25) is 14.4 Å². The van der Waals surface area contributed by atoms with Crippen molar-refractivity contribution in [3.05, 3.63) is 0 Å². The zero-order valence-corrected chi connectivity index (χ0v) is 16.8. The number of esters is 3. The van der Waals surface area contributed by atoms with Crippen molar-refractivity contribution in [1.82, 2.24) is 0 Å². The van der Waals surface area contributed by atoms with Crippen LogP contribution in [0.25, 0.3) is 0 Å². The van der Waals surface area contributed by atoms with Gasteiger partial charge in [-0.1, -0.05) is 36.6 Å². The summed E-state index contributed by atoms with van der Waals surface area (Å²) in [6.07, 6.45) is -0.189. The molecule has 0 aliphatic rings. The monoisotopic (exact) mass is 436 g/mol. The molecule has 0 aromatic heterocycles. The molecule has 0 amide bonds. The Morgan fingerprint density at radius 3 is 0.759 bits per heavy atom. The predicted octanol–water partition coefficient (Wildman–Crippen LogP) is 4.13. The van der Waals surface area contributed by atoms with Crippen LogP contribution in [0.2, 0.25) is 0 Å². The number of hydrogen-bond acceptors (Lipinski definition) is 10. The molecule has 0 saturated carbocycles. The van der Waals surface area contributed by atoms with E-state index in [2.05, 4.69) is 28.4 Å². The van der Waals surface area contributed by atoms with Gasteiger partial charge < -0.3 is 28.4 Å². The summed E-state index contributed by atoms with van der Waals surface area (Å²) < 4.78 is 24.8. The first-order valence-corrected chi connectivity index (χ1v) is 6.76. The van der Waals surface area contributed by atoms with E-state index < -0.39 is 6.16 Å². The Balaban J connectivity index is -0.0000000241. The Morgan fingerprint density at radius 2 is 0.759 bits per heavy atom. The second kappa shape index (κ2) is 56.2. The van der Waals surface area contributed by atoms with Crippen LogP contribution in [-0.4, -0.2) is 73.8 Å². The SMILES string of the molecule is C.C.C.C.CCC(=O)OC.COC.COC(=O)OC.COC(C)=O.COC(C)=O. The molecule has 0 spiro atoms. The standard InChI is InChI=1S/C4H8O2.C3H6O3.2C3H6O2.C2H6O.4CH4/c1-3-4(5)6-2;1-5-3(4)6-2;2*1-3(4)5-2;1-3-2;;;;/h3H2,1-2H3;1-2H3;2*1-2H3;1-2H3;4*1H4. The van der Waals surface area contributed by atoms with E-state index in [0.29, 0.717) is 6.42 Å². The summed E-state index contributed by atoms with van der Waals surface area (Å²) in [5.41, 5.74) is 0. The van der Waals surface area contributed by atoms with Crippen LogP contribution in [0.3, 0.4) is 0 Å². The topological polar surface area (TPSA) is 124 Å². The number of carbonyl (C=O) groups is 4. The van der Waals surface area contributed by atoms with E-state index in [1.54, 1.807) is 21.1 Å². The number of methoxy groups -OCH3 is 6.